The number of hydrogen-bond acceptors (Lipinski definition) is 5. The summed E-state index contributed by atoms with van der Waals surface area (Å²) in [4.78, 5) is 17.8. The van der Waals surface area contributed by atoms with Crippen LogP contribution in [0.2, 0.25) is 0 Å². The number of hydrogen-bond donors (Lipinski definition) is 1. The van der Waals surface area contributed by atoms with Crippen LogP contribution in [-0.2, 0) is 27.6 Å². The Morgan fingerprint density at radius 1 is 1.07 bits per heavy atom. The van der Waals surface area contributed by atoms with Crippen molar-refractivity contribution in [3.8, 4) is 5.75 Å². The van der Waals surface area contributed by atoms with Gasteiger partial charge in [0.25, 0.3) is 5.91 Å². The van der Waals surface area contributed by atoms with Crippen LogP contribution in [-0.4, -0.2) is 41.9 Å². The van der Waals surface area contributed by atoms with Gasteiger partial charge in [-0.05, 0) is 30.2 Å². The molecule has 1 N–H and O–H groups in total. The van der Waals surface area contributed by atoms with Gasteiger partial charge in [0.2, 0.25) is 0 Å². The van der Waals surface area contributed by atoms with Gasteiger partial charge in [0.1, 0.15) is 12.4 Å². The lowest BCUT2D eigenvalue weighted by molar-refractivity contribution is -0.238. The van der Waals surface area contributed by atoms with Crippen LogP contribution in [0, 0.1) is 5.92 Å². The molecule has 27 heavy (non-hydrogen) atoms. The molecule has 0 spiro atoms. The Kier molecular flexibility index (Phi) is 6.45. The number of nitrogens with zero attached hydrogens (tertiary/aromatic N) is 1. The topological polar surface area (TPSA) is 68.2 Å². The number of carbonyl (C=O) groups is 1. The highest BCUT2D eigenvalue weighted by Gasteiger charge is 2.44. The van der Waals surface area contributed by atoms with Crippen molar-refractivity contribution in [3.63, 3.8) is 0 Å². The summed E-state index contributed by atoms with van der Waals surface area (Å²) in [6.07, 6.45) is -1.30. The van der Waals surface area contributed by atoms with Gasteiger partial charge in [-0.25, -0.2) is 5.06 Å². The van der Waals surface area contributed by atoms with Crippen LogP contribution >= 0.6 is 0 Å². The van der Waals surface area contributed by atoms with Crippen molar-refractivity contribution in [1.82, 2.24) is 5.06 Å². The van der Waals surface area contributed by atoms with E-state index in [4.69, 9.17) is 14.3 Å². The van der Waals surface area contributed by atoms with Crippen molar-refractivity contribution in [1.29, 1.82) is 0 Å². The lowest BCUT2D eigenvalue weighted by Gasteiger charge is -2.40. The Morgan fingerprint density at radius 3 is 2.37 bits per heavy atom. The van der Waals surface area contributed by atoms with E-state index >= 15 is 0 Å². The maximum atomic E-state index is 12.3. The summed E-state index contributed by atoms with van der Waals surface area (Å²) in [5.74, 6) is 0.0595. The zero-order chi connectivity index (χ0) is 19.2. The standard InChI is InChI=1S/C21H25NO5/c1-15(26-13-16-6-4-3-5-7-16)20(23)19-12-22(21(19)24)27-14-17-8-10-18(25-2)11-9-17/h3-11,15,19-20,23H,12-14H2,1-2H3/t15-,19+,20+/m0/s1. The molecule has 1 aliphatic heterocycles. The monoisotopic (exact) mass is 371 g/mol. The van der Waals surface area contributed by atoms with E-state index in [-0.39, 0.29) is 5.91 Å². The molecule has 1 amide bonds. The molecule has 1 heterocycles. The molecule has 1 fully saturated rings. The predicted molar refractivity (Wildman–Crippen MR) is 99.7 cm³/mol. The molecule has 0 bridgehead atoms. The third-order valence-corrected chi connectivity index (χ3v) is 4.72. The summed E-state index contributed by atoms with van der Waals surface area (Å²) in [6.45, 7) is 2.83. The molecule has 6 heteroatoms. The van der Waals surface area contributed by atoms with E-state index in [0.29, 0.717) is 19.8 Å². The van der Waals surface area contributed by atoms with Crippen LogP contribution in [0.5, 0.6) is 5.75 Å². The summed E-state index contributed by atoms with van der Waals surface area (Å²) in [7, 11) is 1.61. The average molecular weight is 371 g/mol. The molecule has 2 aromatic rings. The lowest BCUT2D eigenvalue weighted by Crippen LogP contribution is -2.58. The van der Waals surface area contributed by atoms with Crippen molar-refractivity contribution in [2.75, 3.05) is 13.7 Å². The second kappa shape index (κ2) is 8.99. The number of carbonyl (C=O) groups excluding carboxylic acids is 1. The minimum absolute atomic E-state index is 0.217. The molecule has 144 valence electrons. The van der Waals surface area contributed by atoms with Gasteiger partial charge in [-0.15, -0.1) is 0 Å². The quantitative estimate of drug-likeness (QED) is 0.686. The SMILES string of the molecule is COc1ccc(CON2C[C@H]([C@H](O)[C@H](C)OCc3ccccc3)C2=O)cc1. The first-order valence-corrected chi connectivity index (χ1v) is 8.99. The Morgan fingerprint density at radius 2 is 1.74 bits per heavy atom. The fourth-order valence-corrected chi connectivity index (χ4v) is 2.89. The number of amides is 1. The minimum atomic E-state index is -0.859. The number of ether oxygens (including phenoxy) is 2. The van der Waals surface area contributed by atoms with E-state index in [1.165, 1.54) is 5.06 Å². The first kappa shape index (κ1) is 19.4. The van der Waals surface area contributed by atoms with Gasteiger partial charge in [-0.1, -0.05) is 42.5 Å². The van der Waals surface area contributed by atoms with Crippen molar-refractivity contribution in [2.24, 2.45) is 5.92 Å². The first-order chi connectivity index (χ1) is 13.1. The van der Waals surface area contributed by atoms with Crippen LogP contribution in [0.4, 0.5) is 0 Å². The van der Waals surface area contributed by atoms with Crippen molar-refractivity contribution in [3.05, 3.63) is 65.7 Å². The van der Waals surface area contributed by atoms with E-state index in [2.05, 4.69) is 0 Å². The maximum absolute atomic E-state index is 12.3. The fourth-order valence-electron chi connectivity index (χ4n) is 2.89. The zero-order valence-corrected chi connectivity index (χ0v) is 15.6. The summed E-state index contributed by atoms with van der Waals surface area (Å²) < 4.78 is 10.8. The number of benzene rings is 2. The lowest BCUT2D eigenvalue weighted by atomic mass is 9.91. The largest absolute Gasteiger partial charge is 0.497 e. The summed E-state index contributed by atoms with van der Waals surface area (Å²) >= 11 is 0. The summed E-state index contributed by atoms with van der Waals surface area (Å²) in [6, 6.07) is 17.2. The Labute approximate surface area is 159 Å². The molecule has 3 rings (SSSR count). The molecule has 2 aromatic carbocycles. The second-order valence-corrected chi connectivity index (χ2v) is 6.62. The molecule has 3 atom stereocenters. The van der Waals surface area contributed by atoms with Gasteiger partial charge in [0.05, 0.1) is 38.4 Å². The Hall–Kier alpha value is -2.41. The number of methoxy groups -OCH3 is 1. The molecule has 6 nitrogen and oxygen atoms in total. The molecule has 0 aromatic heterocycles. The molecule has 0 radical (unpaired) electrons. The zero-order valence-electron chi connectivity index (χ0n) is 15.6. The highest BCUT2D eigenvalue weighted by Crippen LogP contribution is 2.25. The van der Waals surface area contributed by atoms with Crippen molar-refractivity contribution >= 4 is 5.91 Å². The fraction of sp³-hybridized carbons (Fsp3) is 0.381. The van der Waals surface area contributed by atoms with E-state index in [1.54, 1.807) is 14.0 Å². The molecule has 1 saturated heterocycles. The highest BCUT2D eigenvalue weighted by atomic mass is 16.7. The summed E-state index contributed by atoms with van der Waals surface area (Å²) in [5, 5.41) is 11.7. The molecule has 1 aliphatic rings. The normalized spacial score (nSPS) is 18.7. The van der Waals surface area contributed by atoms with E-state index in [0.717, 1.165) is 16.9 Å². The van der Waals surface area contributed by atoms with Crippen LogP contribution in [0.15, 0.2) is 54.6 Å². The summed E-state index contributed by atoms with van der Waals surface area (Å²) in [5.41, 5.74) is 1.97. The number of hydroxylamine groups is 2. The van der Waals surface area contributed by atoms with Gasteiger partial charge < -0.3 is 14.6 Å². The number of rotatable bonds is 9. The highest BCUT2D eigenvalue weighted by molar-refractivity contribution is 5.84. The van der Waals surface area contributed by atoms with Gasteiger partial charge in [0.15, 0.2) is 0 Å². The maximum Gasteiger partial charge on any atom is 0.253 e. The average Bonchev–Trinajstić information content (AvgIpc) is 2.71. The third kappa shape index (κ3) is 4.86. The van der Waals surface area contributed by atoms with E-state index < -0.39 is 18.1 Å². The van der Waals surface area contributed by atoms with Crippen LogP contribution in [0.1, 0.15) is 18.1 Å². The van der Waals surface area contributed by atoms with E-state index in [9.17, 15) is 9.90 Å². The first-order valence-electron chi connectivity index (χ1n) is 8.99. The van der Waals surface area contributed by atoms with Gasteiger partial charge in [-0.3, -0.25) is 9.63 Å². The predicted octanol–water partition coefficient (Wildman–Crippen LogP) is 2.55. The number of aliphatic hydroxyl groups excluding tert-OH is 1. The second-order valence-electron chi connectivity index (χ2n) is 6.62. The Balaban J connectivity index is 1.42. The van der Waals surface area contributed by atoms with Crippen LogP contribution in [0.3, 0.4) is 0 Å². The van der Waals surface area contributed by atoms with E-state index in [1.807, 2.05) is 54.6 Å². The third-order valence-electron chi connectivity index (χ3n) is 4.72. The van der Waals surface area contributed by atoms with Gasteiger partial charge in [0, 0.05) is 0 Å². The minimum Gasteiger partial charge on any atom is -0.497 e. The molecule has 0 aliphatic carbocycles. The molecule has 0 saturated carbocycles. The van der Waals surface area contributed by atoms with Gasteiger partial charge in [-0.2, -0.15) is 0 Å². The Bertz CT molecular complexity index is 734. The van der Waals surface area contributed by atoms with Crippen molar-refractivity contribution in [2.45, 2.75) is 32.3 Å². The van der Waals surface area contributed by atoms with Gasteiger partial charge >= 0.3 is 0 Å². The van der Waals surface area contributed by atoms with Crippen molar-refractivity contribution < 1.29 is 24.2 Å². The molecular weight excluding hydrogens is 346 g/mol. The number of aliphatic hydroxyl groups is 1. The number of β-lactam (4-membered cyclic amide) rings is 1. The molecular formula is C21H25NO5. The molecule has 0 unspecified atom stereocenters. The smallest absolute Gasteiger partial charge is 0.253 e. The van der Waals surface area contributed by atoms with Crippen LogP contribution in [0.25, 0.3) is 0 Å². The van der Waals surface area contributed by atoms with Crippen LogP contribution < -0.4 is 4.74 Å².